The van der Waals surface area contributed by atoms with Gasteiger partial charge in [0.05, 0.1) is 0 Å². The quantitative estimate of drug-likeness (QED) is 0.408. The SMILES string of the molecule is O=C(Nc1ccc(-c2ccncc2)c(C#Cc2ccc(F)cc2)c1)OCc1ccccc1. The lowest BCUT2D eigenvalue weighted by molar-refractivity contribution is 0.155. The van der Waals surface area contributed by atoms with Gasteiger partial charge in [-0.3, -0.25) is 10.3 Å². The van der Waals surface area contributed by atoms with Crippen molar-refractivity contribution >= 4 is 11.8 Å². The molecular weight excluding hydrogens is 403 g/mol. The number of carbonyl (C=O) groups excluding carboxylic acids is 1. The van der Waals surface area contributed by atoms with Gasteiger partial charge in [0, 0.05) is 29.2 Å². The van der Waals surface area contributed by atoms with Gasteiger partial charge in [0.25, 0.3) is 0 Å². The Labute approximate surface area is 185 Å². The summed E-state index contributed by atoms with van der Waals surface area (Å²) >= 11 is 0. The highest BCUT2D eigenvalue weighted by Gasteiger charge is 2.08. The number of amides is 1. The predicted molar refractivity (Wildman–Crippen MR) is 122 cm³/mol. The molecule has 0 radical (unpaired) electrons. The summed E-state index contributed by atoms with van der Waals surface area (Å²) in [6.45, 7) is 0.180. The summed E-state index contributed by atoms with van der Waals surface area (Å²) in [6.07, 6.45) is 2.86. The van der Waals surface area contributed by atoms with Crippen LogP contribution in [0.1, 0.15) is 16.7 Å². The topological polar surface area (TPSA) is 51.2 Å². The van der Waals surface area contributed by atoms with Crippen LogP contribution in [0.3, 0.4) is 0 Å². The molecule has 0 fully saturated rings. The lowest BCUT2D eigenvalue weighted by Crippen LogP contribution is -2.13. The van der Waals surface area contributed by atoms with Gasteiger partial charge in [0.15, 0.2) is 0 Å². The van der Waals surface area contributed by atoms with Crippen LogP contribution in [-0.2, 0) is 11.3 Å². The number of benzene rings is 3. The van der Waals surface area contributed by atoms with E-state index in [0.717, 1.165) is 16.7 Å². The Morgan fingerprint density at radius 1 is 0.906 bits per heavy atom. The Bertz CT molecular complexity index is 1260. The van der Waals surface area contributed by atoms with Crippen molar-refractivity contribution in [3.8, 4) is 23.0 Å². The number of hydrogen-bond donors (Lipinski definition) is 1. The van der Waals surface area contributed by atoms with Crippen LogP contribution in [0, 0.1) is 17.7 Å². The van der Waals surface area contributed by atoms with Crippen molar-refractivity contribution in [1.82, 2.24) is 4.98 Å². The lowest BCUT2D eigenvalue weighted by Gasteiger charge is -2.10. The van der Waals surface area contributed by atoms with E-state index in [1.54, 1.807) is 36.7 Å². The van der Waals surface area contributed by atoms with Gasteiger partial charge in [-0.1, -0.05) is 48.2 Å². The van der Waals surface area contributed by atoms with E-state index >= 15 is 0 Å². The molecule has 4 nitrogen and oxygen atoms in total. The maximum absolute atomic E-state index is 13.2. The van der Waals surface area contributed by atoms with Gasteiger partial charge < -0.3 is 4.74 Å². The third-order valence-electron chi connectivity index (χ3n) is 4.66. The van der Waals surface area contributed by atoms with Crippen molar-refractivity contribution in [3.05, 3.63) is 120 Å². The lowest BCUT2D eigenvalue weighted by atomic mass is 10.00. The molecule has 3 aromatic carbocycles. The second-order valence-electron chi connectivity index (χ2n) is 6.94. The first-order chi connectivity index (χ1) is 15.7. The van der Waals surface area contributed by atoms with Crippen molar-refractivity contribution < 1.29 is 13.9 Å². The van der Waals surface area contributed by atoms with Gasteiger partial charge in [-0.2, -0.15) is 0 Å². The summed E-state index contributed by atoms with van der Waals surface area (Å²) in [7, 11) is 0. The highest BCUT2D eigenvalue weighted by atomic mass is 19.1. The van der Waals surface area contributed by atoms with E-state index in [9.17, 15) is 9.18 Å². The molecule has 4 aromatic rings. The van der Waals surface area contributed by atoms with Crippen molar-refractivity contribution in [1.29, 1.82) is 0 Å². The minimum absolute atomic E-state index is 0.180. The van der Waals surface area contributed by atoms with Gasteiger partial charge in [0.1, 0.15) is 12.4 Å². The third-order valence-corrected chi connectivity index (χ3v) is 4.66. The molecule has 0 unspecified atom stereocenters. The number of halogens is 1. The molecule has 0 bridgehead atoms. The summed E-state index contributed by atoms with van der Waals surface area (Å²) in [4.78, 5) is 16.3. The normalized spacial score (nSPS) is 10.0. The van der Waals surface area contributed by atoms with Crippen LogP contribution in [-0.4, -0.2) is 11.1 Å². The zero-order chi connectivity index (χ0) is 22.2. The largest absolute Gasteiger partial charge is 0.444 e. The number of carbonyl (C=O) groups is 1. The summed E-state index contributed by atoms with van der Waals surface area (Å²) in [5.74, 6) is 5.87. The first-order valence-electron chi connectivity index (χ1n) is 9.97. The van der Waals surface area contributed by atoms with Gasteiger partial charge in [-0.05, 0) is 65.2 Å². The Morgan fingerprint density at radius 2 is 1.66 bits per heavy atom. The van der Waals surface area contributed by atoms with Crippen molar-refractivity contribution in [2.24, 2.45) is 0 Å². The van der Waals surface area contributed by atoms with Crippen molar-refractivity contribution in [2.45, 2.75) is 6.61 Å². The standard InChI is InChI=1S/C27H19FN2O2/c28-24-10-7-20(8-11-24)6-9-23-18-25(12-13-26(23)22-14-16-29-17-15-22)30-27(31)32-19-21-4-2-1-3-5-21/h1-5,7-8,10-18H,19H2,(H,30,31). The molecule has 1 aromatic heterocycles. The molecule has 0 aliphatic carbocycles. The van der Waals surface area contributed by atoms with E-state index in [-0.39, 0.29) is 12.4 Å². The highest BCUT2D eigenvalue weighted by Crippen LogP contribution is 2.26. The first kappa shape index (κ1) is 20.8. The fraction of sp³-hybridized carbons (Fsp3) is 0.0370. The molecule has 1 N–H and O–H groups in total. The number of pyridine rings is 1. The number of hydrogen-bond acceptors (Lipinski definition) is 3. The average molecular weight is 422 g/mol. The molecular formula is C27H19FN2O2. The zero-order valence-corrected chi connectivity index (χ0v) is 17.1. The van der Waals surface area contributed by atoms with Crippen LogP contribution in [0.2, 0.25) is 0 Å². The Hall–Kier alpha value is -4.43. The van der Waals surface area contributed by atoms with Crippen LogP contribution in [0.25, 0.3) is 11.1 Å². The zero-order valence-electron chi connectivity index (χ0n) is 17.1. The fourth-order valence-electron chi connectivity index (χ4n) is 3.06. The van der Waals surface area contributed by atoms with E-state index < -0.39 is 6.09 Å². The monoisotopic (exact) mass is 422 g/mol. The minimum atomic E-state index is -0.553. The molecule has 0 saturated carbocycles. The van der Waals surface area contributed by atoms with Crippen LogP contribution in [0.15, 0.2) is 97.3 Å². The molecule has 4 rings (SSSR count). The summed E-state index contributed by atoms with van der Waals surface area (Å²) in [5.41, 5.74) is 4.70. The van der Waals surface area contributed by atoms with Crippen LogP contribution >= 0.6 is 0 Å². The fourth-order valence-corrected chi connectivity index (χ4v) is 3.06. The number of nitrogens with zero attached hydrogens (tertiary/aromatic N) is 1. The van der Waals surface area contributed by atoms with Gasteiger partial charge >= 0.3 is 6.09 Å². The summed E-state index contributed by atoms with van der Waals surface area (Å²) < 4.78 is 18.5. The molecule has 1 heterocycles. The van der Waals surface area contributed by atoms with E-state index in [1.807, 2.05) is 48.5 Å². The number of ether oxygens (including phenoxy) is 1. The molecule has 0 spiro atoms. The van der Waals surface area contributed by atoms with E-state index in [4.69, 9.17) is 4.74 Å². The van der Waals surface area contributed by atoms with Crippen LogP contribution in [0.5, 0.6) is 0 Å². The second kappa shape index (κ2) is 10.1. The van der Waals surface area contributed by atoms with E-state index in [1.165, 1.54) is 12.1 Å². The Balaban J connectivity index is 1.57. The Kier molecular flexibility index (Phi) is 6.54. The van der Waals surface area contributed by atoms with Gasteiger partial charge in [0.2, 0.25) is 0 Å². The predicted octanol–water partition coefficient (Wildman–Crippen LogP) is 6.04. The molecule has 32 heavy (non-hydrogen) atoms. The first-order valence-corrected chi connectivity index (χ1v) is 9.97. The van der Waals surface area contributed by atoms with Crippen molar-refractivity contribution in [2.75, 3.05) is 5.32 Å². The van der Waals surface area contributed by atoms with Gasteiger partial charge in [-0.15, -0.1) is 0 Å². The number of anilines is 1. The Morgan fingerprint density at radius 3 is 2.41 bits per heavy atom. The molecule has 1 amide bonds. The molecule has 0 aliphatic rings. The van der Waals surface area contributed by atoms with Crippen molar-refractivity contribution in [3.63, 3.8) is 0 Å². The van der Waals surface area contributed by atoms with Crippen LogP contribution in [0.4, 0.5) is 14.9 Å². The third kappa shape index (κ3) is 5.59. The average Bonchev–Trinajstić information content (AvgIpc) is 2.84. The maximum Gasteiger partial charge on any atom is 0.411 e. The van der Waals surface area contributed by atoms with E-state index in [0.29, 0.717) is 16.8 Å². The maximum atomic E-state index is 13.2. The smallest absolute Gasteiger partial charge is 0.411 e. The number of aromatic nitrogens is 1. The molecule has 0 saturated heterocycles. The van der Waals surface area contributed by atoms with E-state index in [2.05, 4.69) is 22.1 Å². The molecule has 156 valence electrons. The van der Waals surface area contributed by atoms with Gasteiger partial charge in [-0.25, -0.2) is 9.18 Å². The molecule has 0 aliphatic heterocycles. The summed E-state index contributed by atoms with van der Waals surface area (Å²) in [6, 6.07) is 24.7. The highest BCUT2D eigenvalue weighted by molar-refractivity contribution is 5.86. The summed E-state index contributed by atoms with van der Waals surface area (Å²) in [5, 5.41) is 2.75. The number of nitrogens with one attached hydrogen (secondary N) is 1. The molecule has 0 atom stereocenters. The number of rotatable bonds is 4. The minimum Gasteiger partial charge on any atom is -0.444 e. The molecule has 5 heteroatoms. The second-order valence-corrected chi connectivity index (χ2v) is 6.94. The van der Waals surface area contributed by atoms with Crippen LogP contribution < -0.4 is 5.32 Å².